The molecular weight excluding hydrogens is 311 g/mol. The predicted molar refractivity (Wildman–Crippen MR) is 50.0 cm³/mol. The molecule has 1 aromatic rings. The molecule has 0 radical (unpaired) electrons. The molecular formula is C7HBrF3N3O3. The summed E-state index contributed by atoms with van der Waals surface area (Å²) in [5, 5.41) is 19.1. The topological polar surface area (TPSA) is 89.0 Å². The third-order valence-corrected chi connectivity index (χ3v) is 1.85. The number of nitro groups is 1. The Labute approximate surface area is 99.9 Å². The van der Waals surface area contributed by atoms with Crippen LogP contribution in [0.1, 0.15) is 5.56 Å². The second kappa shape index (κ2) is 4.54. The van der Waals surface area contributed by atoms with Crippen LogP contribution in [0, 0.1) is 21.4 Å². The second-order valence-corrected chi connectivity index (χ2v) is 3.37. The third kappa shape index (κ3) is 3.28. The van der Waals surface area contributed by atoms with Crippen molar-refractivity contribution in [3.05, 3.63) is 26.3 Å². The minimum absolute atomic E-state index is 0.248. The van der Waals surface area contributed by atoms with E-state index in [1.165, 1.54) is 6.07 Å². The van der Waals surface area contributed by atoms with Gasteiger partial charge in [0.25, 0.3) is 0 Å². The number of halogens is 4. The minimum atomic E-state index is -5.06. The summed E-state index contributed by atoms with van der Waals surface area (Å²) in [6, 6.07) is 1.97. The van der Waals surface area contributed by atoms with Gasteiger partial charge in [-0.15, -0.1) is 13.2 Å². The Kier molecular flexibility index (Phi) is 3.52. The van der Waals surface area contributed by atoms with Crippen LogP contribution >= 0.6 is 15.9 Å². The standard InChI is InChI=1S/C7HBrF3N3O3/c8-5-1-4(17-7(9,10)11)3(2-12)6(13-5)14(15)16/h1H. The Morgan fingerprint density at radius 3 is 2.59 bits per heavy atom. The first kappa shape index (κ1) is 13.2. The summed E-state index contributed by atoms with van der Waals surface area (Å²) in [4.78, 5) is 12.7. The van der Waals surface area contributed by atoms with E-state index < -0.39 is 28.4 Å². The van der Waals surface area contributed by atoms with Gasteiger partial charge < -0.3 is 14.9 Å². The fraction of sp³-hybridized carbons (Fsp3) is 0.143. The van der Waals surface area contributed by atoms with Gasteiger partial charge in [0.05, 0.1) is 0 Å². The fourth-order valence-corrected chi connectivity index (χ4v) is 1.30. The van der Waals surface area contributed by atoms with Crippen LogP contribution < -0.4 is 4.74 Å². The molecule has 1 heterocycles. The zero-order chi connectivity index (χ0) is 13.2. The lowest BCUT2D eigenvalue weighted by Gasteiger charge is -2.09. The molecule has 0 aliphatic heterocycles. The number of nitrogens with zero attached hydrogens (tertiary/aromatic N) is 3. The molecule has 90 valence electrons. The number of ether oxygens (including phenoxy) is 1. The van der Waals surface area contributed by atoms with Gasteiger partial charge in [-0.1, -0.05) is 0 Å². The van der Waals surface area contributed by atoms with E-state index in [-0.39, 0.29) is 4.60 Å². The normalized spacial score (nSPS) is 10.8. The minimum Gasteiger partial charge on any atom is -0.404 e. The van der Waals surface area contributed by atoms with Crippen molar-refractivity contribution in [1.29, 1.82) is 5.26 Å². The number of alkyl halides is 3. The number of hydrogen-bond acceptors (Lipinski definition) is 5. The Hall–Kier alpha value is -1.89. The van der Waals surface area contributed by atoms with Gasteiger partial charge in [-0.25, -0.2) is 0 Å². The van der Waals surface area contributed by atoms with Gasteiger partial charge in [-0.2, -0.15) is 5.26 Å². The lowest BCUT2D eigenvalue weighted by Crippen LogP contribution is -2.18. The number of rotatable bonds is 2. The lowest BCUT2D eigenvalue weighted by molar-refractivity contribution is -0.390. The number of hydrogen-bond donors (Lipinski definition) is 0. The van der Waals surface area contributed by atoms with Crippen molar-refractivity contribution in [1.82, 2.24) is 4.98 Å². The van der Waals surface area contributed by atoms with E-state index in [2.05, 4.69) is 25.7 Å². The van der Waals surface area contributed by atoms with Gasteiger partial charge in [0.1, 0.15) is 6.07 Å². The Balaban J connectivity index is 3.40. The molecule has 0 fully saturated rings. The van der Waals surface area contributed by atoms with Crippen LogP contribution in [-0.2, 0) is 0 Å². The molecule has 0 saturated carbocycles. The van der Waals surface area contributed by atoms with Crippen molar-refractivity contribution in [2.24, 2.45) is 0 Å². The first-order chi connectivity index (χ1) is 7.74. The molecule has 10 heteroatoms. The van der Waals surface area contributed by atoms with Gasteiger partial charge in [0.15, 0.2) is 11.3 Å². The van der Waals surface area contributed by atoms with Gasteiger partial charge in [-0.3, -0.25) is 0 Å². The highest BCUT2D eigenvalue weighted by atomic mass is 79.9. The van der Waals surface area contributed by atoms with E-state index in [1.807, 2.05) is 0 Å². The molecule has 0 aromatic carbocycles. The van der Waals surface area contributed by atoms with Crippen LogP contribution in [0.3, 0.4) is 0 Å². The monoisotopic (exact) mass is 311 g/mol. The molecule has 0 bridgehead atoms. The van der Waals surface area contributed by atoms with E-state index in [0.29, 0.717) is 0 Å². The van der Waals surface area contributed by atoms with Crippen LogP contribution in [0.5, 0.6) is 5.75 Å². The summed E-state index contributed by atoms with van der Waals surface area (Å²) >= 11 is 2.68. The van der Waals surface area contributed by atoms with Crippen LogP contribution in [0.15, 0.2) is 10.7 Å². The molecule has 6 nitrogen and oxygen atoms in total. The van der Waals surface area contributed by atoms with Crippen molar-refractivity contribution in [2.45, 2.75) is 6.36 Å². The maximum atomic E-state index is 12.0. The summed E-state index contributed by atoms with van der Waals surface area (Å²) in [5.41, 5.74) is -0.893. The highest BCUT2D eigenvalue weighted by Crippen LogP contribution is 2.32. The molecule has 0 unspecified atom stereocenters. The van der Waals surface area contributed by atoms with Crippen LogP contribution in [-0.4, -0.2) is 16.3 Å². The van der Waals surface area contributed by atoms with Gasteiger partial charge in [0, 0.05) is 22.0 Å². The molecule has 0 spiro atoms. The summed E-state index contributed by atoms with van der Waals surface area (Å²) in [7, 11) is 0. The van der Waals surface area contributed by atoms with E-state index in [0.717, 1.165) is 6.07 Å². The average Bonchev–Trinajstić information content (AvgIpc) is 2.14. The van der Waals surface area contributed by atoms with E-state index >= 15 is 0 Å². The lowest BCUT2D eigenvalue weighted by atomic mass is 10.2. The van der Waals surface area contributed by atoms with E-state index in [9.17, 15) is 23.3 Å². The second-order valence-electron chi connectivity index (χ2n) is 2.56. The van der Waals surface area contributed by atoms with Crippen molar-refractivity contribution in [3.8, 4) is 11.8 Å². The van der Waals surface area contributed by atoms with Crippen molar-refractivity contribution in [2.75, 3.05) is 0 Å². The summed E-state index contributed by atoms with van der Waals surface area (Å²) in [6.45, 7) is 0. The number of pyridine rings is 1. The number of aromatic nitrogens is 1. The van der Waals surface area contributed by atoms with Gasteiger partial charge in [-0.05, 0) is 9.91 Å². The zero-order valence-corrected chi connectivity index (χ0v) is 9.24. The Morgan fingerprint density at radius 2 is 2.18 bits per heavy atom. The average molecular weight is 312 g/mol. The highest BCUT2D eigenvalue weighted by molar-refractivity contribution is 9.10. The molecule has 0 aliphatic carbocycles. The molecule has 1 aromatic heterocycles. The van der Waals surface area contributed by atoms with E-state index in [1.54, 1.807) is 0 Å². The summed E-state index contributed by atoms with van der Waals surface area (Å²) in [6.07, 6.45) is -5.06. The maximum Gasteiger partial charge on any atom is 0.573 e. The van der Waals surface area contributed by atoms with Crippen LogP contribution in [0.2, 0.25) is 0 Å². The highest BCUT2D eigenvalue weighted by Gasteiger charge is 2.35. The summed E-state index contributed by atoms with van der Waals surface area (Å²) in [5.74, 6) is -1.99. The first-order valence-corrected chi connectivity index (χ1v) is 4.54. The SMILES string of the molecule is N#Cc1c(OC(F)(F)F)cc(Br)nc1[N+](=O)[O-]. The molecule has 0 N–H and O–H groups in total. The molecule has 17 heavy (non-hydrogen) atoms. The Bertz CT molecular complexity index is 512. The molecule has 0 saturated heterocycles. The first-order valence-electron chi connectivity index (χ1n) is 3.75. The smallest absolute Gasteiger partial charge is 0.404 e. The summed E-state index contributed by atoms with van der Waals surface area (Å²) < 4.78 is 39.2. The third-order valence-electron chi connectivity index (χ3n) is 1.44. The van der Waals surface area contributed by atoms with Crippen molar-refractivity contribution >= 4 is 21.7 Å². The van der Waals surface area contributed by atoms with Gasteiger partial charge in [0.2, 0.25) is 4.60 Å². The molecule has 1 rings (SSSR count). The van der Waals surface area contributed by atoms with Crippen LogP contribution in [0.4, 0.5) is 19.0 Å². The van der Waals surface area contributed by atoms with E-state index in [4.69, 9.17) is 5.26 Å². The molecule has 0 aliphatic rings. The Morgan fingerprint density at radius 1 is 1.59 bits per heavy atom. The van der Waals surface area contributed by atoms with Gasteiger partial charge >= 0.3 is 12.2 Å². The van der Waals surface area contributed by atoms with Crippen molar-refractivity contribution < 1.29 is 22.8 Å². The van der Waals surface area contributed by atoms with Crippen LogP contribution in [0.25, 0.3) is 0 Å². The van der Waals surface area contributed by atoms with Crippen molar-refractivity contribution in [3.63, 3.8) is 0 Å². The largest absolute Gasteiger partial charge is 0.573 e. The number of nitriles is 1. The quantitative estimate of drug-likeness (QED) is 0.475. The molecule has 0 atom stereocenters. The predicted octanol–water partition coefficient (Wildman–Crippen LogP) is 2.52. The molecule has 0 amide bonds. The maximum absolute atomic E-state index is 12.0. The fourth-order valence-electron chi connectivity index (χ4n) is 0.922. The zero-order valence-electron chi connectivity index (χ0n) is 7.66.